The van der Waals surface area contributed by atoms with Crippen LogP contribution in [0.4, 0.5) is 0 Å². The van der Waals surface area contributed by atoms with E-state index < -0.39 is 0 Å². The molecule has 1 N–H and O–H groups in total. The van der Waals surface area contributed by atoms with Gasteiger partial charge in [0.25, 0.3) is 0 Å². The first kappa shape index (κ1) is 11.8. The van der Waals surface area contributed by atoms with Gasteiger partial charge in [0.05, 0.1) is 19.9 Å². The Morgan fingerprint density at radius 2 is 1.71 bits per heavy atom. The zero-order valence-electron chi connectivity index (χ0n) is 9.87. The van der Waals surface area contributed by atoms with Crippen molar-refractivity contribution in [2.45, 2.75) is 6.92 Å². The minimum atomic E-state index is 0.374. The fourth-order valence-electron chi connectivity index (χ4n) is 1.65. The van der Waals surface area contributed by atoms with Crippen LogP contribution in [-0.4, -0.2) is 24.2 Å². The Labute approximate surface area is 105 Å². The topological polar surface area (TPSA) is 47.1 Å². The summed E-state index contributed by atoms with van der Waals surface area (Å²) in [6.07, 6.45) is 0. The van der Waals surface area contributed by atoms with E-state index in [1.54, 1.807) is 14.2 Å². The summed E-state index contributed by atoms with van der Waals surface area (Å²) in [5, 5.41) is 0.374. The van der Waals surface area contributed by atoms with Crippen molar-refractivity contribution in [3.63, 3.8) is 0 Å². The van der Waals surface area contributed by atoms with E-state index >= 15 is 0 Å². The number of aryl methyl sites for hydroxylation is 1. The first-order chi connectivity index (χ1) is 8.13. The van der Waals surface area contributed by atoms with Crippen LogP contribution < -0.4 is 9.47 Å². The van der Waals surface area contributed by atoms with Crippen molar-refractivity contribution in [1.29, 1.82) is 0 Å². The summed E-state index contributed by atoms with van der Waals surface area (Å²) in [7, 11) is 3.23. The van der Waals surface area contributed by atoms with Gasteiger partial charge in [-0.2, -0.15) is 0 Å². The number of imidazole rings is 1. The molecule has 0 bridgehead atoms. The van der Waals surface area contributed by atoms with Gasteiger partial charge < -0.3 is 14.5 Å². The highest BCUT2D eigenvalue weighted by atomic mass is 35.5. The summed E-state index contributed by atoms with van der Waals surface area (Å²) < 4.78 is 10.4. The number of hydrogen-bond donors (Lipinski definition) is 1. The highest BCUT2D eigenvalue weighted by Crippen LogP contribution is 2.30. The number of aromatic amines is 1. The van der Waals surface area contributed by atoms with E-state index in [9.17, 15) is 0 Å². The normalized spacial score (nSPS) is 10.4. The molecule has 5 heteroatoms. The Morgan fingerprint density at radius 3 is 2.12 bits per heavy atom. The molecule has 1 heterocycles. The molecule has 0 saturated carbocycles. The van der Waals surface area contributed by atoms with E-state index in [0.717, 1.165) is 28.5 Å². The van der Waals surface area contributed by atoms with Crippen molar-refractivity contribution in [2.75, 3.05) is 14.2 Å². The van der Waals surface area contributed by atoms with Gasteiger partial charge in [0.1, 0.15) is 11.5 Å². The number of nitrogens with zero attached hydrogens (tertiary/aromatic N) is 1. The molecule has 0 fully saturated rings. The van der Waals surface area contributed by atoms with Gasteiger partial charge in [0.2, 0.25) is 5.28 Å². The van der Waals surface area contributed by atoms with Crippen molar-refractivity contribution in [3.8, 4) is 22.8 Å². The van der Waals surface area contributed by atoms with Gasteiger partial charge >= 0.3 is 0 Å². The fourth-order valence-corrected chi connectivity index (χ4v) is 1.88. The summed E-state index contributed by atoms with van der Waals surface area (Å²) in [6.45, 7) is 1.92. The quantitative estimate of drug-likeness (QED) is 0.913. The Kier molecular flexibility index (Phi) is 3.24. The zero-order chi connectivity index (χ0) is 12.4. The van der Waals surface area contributed by atoms with E-state index in [4.69, 9.17) is 21.1 Å². The molecule has 0 radical (unpaired) electrons. The van der Waals surface area contributed by atoms with Crippen molar-refractivity contribution in [2.24, 2.45) is 0 Å². The number of methoxy groups -OCH3 is 2. The van der Waals surface area contributed by atoms with Crippen LogP contribution in [0.5, 0.6) is 11.5 Å². The number of halogens is 1. The van der Waals surface area contributed by atoms with Crippen LogP contribution >= 0.6 is 11.6 Å². The van der Waals surface area contributed by atoms with Crippen LogP contribution in [0.15, 0.2) is 18.2 Å². The summed E-state index contributed by atoms with van der Waals surface area (Å²) in [6, 6.07) is 5.59. The largest absolute Gasteiger partial charge is 0.497 e. The second-order valence-corrected chi connectivity index (χ2v) is 3.96. The SMILES string of the molecule is COc1cc(OC)cc(-c2nc(Cl)[nH]c2C)c1. The Balaban J connectivity index is 2.54. The van der Waals surface area contributed by atoms with Gasteiger partial charge in [-0.05, 0) is 30.7 Å². The maximum absolute atomic E-state index is 5.83. The highest BCUT2D eigenvalue weighted by Gasteiger charge is 2.10. The smallest absolute Gasteiger partial charge is 0.200 e. The number of ether oxygens (including phenoxy) is 2. The molecule has 0 atom stereocenters. The van der Waals surface area contributed by atoms with Gasteiger partial charge in [-0.1, -0.05) is 0 Å². The van der Waals surface area contributed by atoms with E-state index in [0.29, 0.717) is 5.28 Å². The molecule has 17 heavy (non-hydrogen) atoms. The third-order valence-electron chi connectivity index (χ3n) is 2.48. The van der Waals surface area contributed by atoms with Gasteiger partial charge in [0.15, 0.2) is 0 Å². The number of nitrogens with one attached hydrogen (secondary N) is 1. The number of benzene rings is 1. The van der Waals surface area contributed by atoms with Gasteiger partial charge in [-0.15, -0.1) is 0 Å². The van der Waals surface area contributed by atoms with Crippen LogP contribution in [0.3, 0.4) is 0 Å². The molecular weight excluding hydrogens is 240 g/mol. The molecule has 0 aliphatic rings. The molecule has 0 aliphatic carbocycles. The third kappa shape index (κ3) is 2.36. The highest BCUT2D eigenvalue weighted by molar-refractivity contribution is 6.28. The average Bonchev–Trinajstić information content (AvgIpc) is 2.67. The lowest BCUT2D eigenvalue weighted by atomic mass is 10.1. The molecule has 0 saturated heterocycles. The predicted molar refractivity (Wildman–Crippen MR) is 66.9 cm³/mol. The molecule has 90 valence electrons. The molecular formula is C12H13ClN2O2. The fraction of sp³-hybridized carbons (Fsp3) is 0.250. The number of aromatic nitrogens is 2. The molecule has 2 rings (SSSR count). The minimum absolute atomic E-state index is 0.374. The van der Waals surface area contributed by atoms with Crippen LogP contribution in [0.25, 0.3) is 11.3 Å². The van der Waals surface area contributed by atoms with Crippen molar-refractivity contribution >= 4 is 11.6 Å². The van der Waals surface area contributed by atoms with Crippen LogP contribution in [0.2, 0.25) is 5.28 Å². The standard InChI is InChI=1S/C12H13ClN2O2/c1-7-11(15-12(13)14-7)8-4-9(16-2)6-10(5-8)17-3/h4-6H,1-3H3,(H,14,15). The number of hydrogen-bond acceptors (Lipinski definition) is 3. The maximum atomic E-state index is 5.83. The summed E-state index contributed by atoms with van der Waals surface area (Å²) in [5.74, 6) is 1.44. The van der Waals surface area contributed by atoms with E-state index in [1.165, 1.54) is 0 Å². The number of H-pyrrole nitrogens is 1. The van der Waals surface area contributed by atoms with Crippen LogP contribution in [0, 0.1) is 6.92 Å². The van der Waals surface area contributed by atoms with Gasteiger partial charge in [0, 0.05) is 17.3 Å². The molecule has 0 unspecified atom stereocenters. The van der Waals surface area contributed by atoms with Crippen molar-refractivity contribution in [1.82, 2.24) is 9.97 Å². The van der Waals surface area contributed by atoms with Crippen molar-refractivity contribution in [3.05, 3.63) is 29.2 Å². The minimum Gasteiger partial charge on any atom is -0.497 e. The van der Waals surface area contributed by atoms with Crippen LogP contribution in [-0.2, 0) is 0 Å². The first-order valence-corrected chi connectivity index (χ1v) is 5.47. The molecule has 0 spiro atoms. The third-order valence-corrected chi connectivity index (χ3v) is 2.66. The Morgan fingerprint density at radius 1 is 1.12 bits per heavy atom. The van der Waals surface area contributed by atoms with Gasteiger partial charge in [-0.3, -0.25) is 0 Å². The van der Waals surface area contributed by atoms with E-state index in [2.05, 4.69) is 9.97 Å². The summed E-state index contributed by atoms with van der Waals surface area (Å²) in [4.78, 5) is 7.18. The van der Waals surface area contributed by atoms with Gasteiger partial charge in [-0.25, -0.2) is 4.98 Å². The monoisotopic (exact) mass is 252 g/mol. The molecule has 1 aromatic carbocycles. The molecule has 2 aromatic rings. The molecule has 0 amide bonds. The second-order valence-electron chi connectivity index (χ2n) is 3.60. The molecule has 1 aromatic heterocycles. The Bertz CT molecular complexity index is 515. The maximum Gasteiger partial charge on any atom is 0.200 e. The second kappa shape index (κ2) is 4.67. The molecule has 0 aliphatic heterocycles. The average molecular weight is 253 g/mol. The first-order valence-electron chi connectivity index (χ1n) is 5.09. The van der Waals surface area contributed by atoms with E-state index in [-0.39, 0.29) is 0 Å². The lowest BCUT2D eigenvalue weighted by Crippen LogP contribution is -1.89. The zero-order valence-corrected chi connectivity index (χ0v) is 10.6. The summed E-state index contributed by atoms with van der Waals surface area (Å²) >= 11 is 5.83. The lowest BCUT2D eigenvalue weighted by Gasteiger charge is -2.07. The lowest BCUT2D eigenvalue weighted by molar-refractivity contribution is 0.394. The van der Waals surface area contributed by atoms with E-state index in [1.807, 2.05) is 25.1 Å². The van der Waals surface area contributed by atoms with Crippen LogP contribution in [0.1, 0.15) is 5.69 Å². The summed E-state index contributed by atoms with van der Waals surface area (Å²) in [5.41, 5.74) is 2.61. The Hall–Kier alpha value is -1.68. The predicted octanol–water partition coefficient (Wildman–Crippen LogP) is 3.06. The number of rotatable bonds is 3. The van der Waals surface area contributed by atoms with Crippen molar-refractivity contribution < 1.29 is 9.47 Å². The molecule has 4 nitrogen and oxygen atoms in total.